The van der Waals surface area contributed by atoms with Crippen molar-refractivity contribution in [3.05, 3.63) is 94.0 Å². The second kappa shape index (κ2) is 14.0. The topological polar surface area (TPSA) is 75.6 Å². The van der Waals surface area contributed by atoms with E-state index in [-0.39, 0.29) is 5.91 Å². The van der Waals surface area contributed by atoms with Crippen LogP contribution < -0.4 is 5.32 Å². The summed E-state index contributed by atoms with van der Waals surface area (Å²) in [5.74, 6) is -0.760. The molecular weight excluding hydrogens is 482 g/mol. The van der Waals surface area contributed by atoms with Gasteiger partial charge in [-0.2, -0.15) is 11.8 Å². The van der Waals surface area contributed by atoms with Gasteiger partial charge in [0.1, 0.15) is 6.04 Å². The van der Waals surface area contributed by atoms with Gasteiger partial charge in [0, 0.05) is 5.56 Å². The molecule has 0 bridgehead atoms. The van der Waals surface area contributed by atoms with Crippen molar-refractivity contribution in [1.82, 2.24) is 5.32 Å². The molecular formula is C31H37NO4S. The van der Waals surface area contributed by atoms with E-state index < -0.39 is 12.0 Å². The van der Waals surface area contributed by atoms with Crippen molar-refractivity contribution in [2.75, 3.05) is 12.0 Å². The zero-order valence-corrected chi connectivity index (χ0v) is 23.0. The number of carbonyl (C=O) groups is 2. The third kappa shape index (κ3) is 7.94. The normalized spacial score (nSPS) is 11.8. The van der Waals surface area contributed by atoms with E-state index in [2.05, 4.69) is 37.4 Å². The molecule has 0 aliphatic carbocycles. The van der Waals surface area contributed by atoms with Gasteiger partial charge in [0.25, 0.3) is 5.91 Å². The van der Waals surface area contributed by atoms with Gasteiger partial charge in [0.15, 0.2) is 0 Å². The zero-order chi connectivity index (χ0) is 26.8. The smallest absolute Gasteiger partial charge is 0.326 e. The molecule has 0 aliphatic rings. The first-order chi connectivity index (χ1) is 17.8. The Labute approximate surface area is 224 Å². The van der Waals surface area contributed by atoms with Crippen LogP contribution >= 0.6 is 11.8 Å². The van der Waals surface area contributed by atoms with Crippen LogP contribution in [0, 0.1) is 13.8 Å². The van der Waals surface area contributed by atoms with E-state index >= 15 is 0 Å². The quantitative estimate of drug-likeness (QED) is 0.267. The number of amides is 1. The highest BCUT2D eigenvalue weighted by Crippen LogP contribution is 2.29. The molecule has 2 N–H and O–H groups in total. The van der Waals surface area contributed by atoms with Crippen LogP contribution in [0.15, 0.2) is 60.7 Å². The molecule has 1 unspecified atom stereocenters. The van der Waals surface area contributed by atoms with Crippen LogP contribution in [0.2, 0.25) is 0 Å². The number of carbonyl (C=O) groups excluding carboxylic acids is 1. The molecule has 1 amide bonds. The fourth-order valence-corrected chi connectivity index (χ4v) is 4.82. The molecule has 0 radical (unpaired) electrons. The monoisotopic (exact) mass is 519 g/mol. The lowest BCUT2D eigenvalue weighted by Gasteiger charge is -2.18. The van der Waals surface area contributed by atoms with Crippen molar-refractivity contribution >= 4 is 23.6 Å². The number of carboxylic acid groups (broad SMARTS) is 1. The molecule has 0 heterocycles. The average molecular weight is 520 g/mol. The lowest BCUT2D eigenvalue weighted by molar-refractivity contribution is -0.139. The Morgan fingerprint density at radius 2 is 1.65 bits per heavy atom. The van der Waals surface area contributed by atoms with Crippen LogP contribution in [0.5, 0.6) is 0 Å². The van der Waals surface area contributed by atoms with Gasteiger partial charge in [-0.05, 0) is 89.8 Å². The molecule has 6 heteroatoms. The molecule has 0 fully saturated rings. The largest absolute Gasteiger partial charge is 0.480 e. The van der Waals surface area contributed by atoms with Gasteiger partial charge in [-0.25, -0.2) is 4.79 Å². The number of carboxylic acids is 1. The molecule has 3 aromatic rings. The SMILES string of the molecule is CCCc1cc(COCc2ccc(C(=O)NC(CCSC)C(=O)O)c(-c3ccccc3C)c2)ccc1C. The Kier molecular flexibility index (Phi) is 10.8. The molecule has 1 atom stereocenters. The maximum absolute atomic E-state index is 13.2. The first kappa shape index (κ1) is 28.5. The molecule has 5 nitrogen and oxygen atoms in total. The van der Waals surface area contributed by atoms with Crippen LogP contribution in [-0.2, 0) is 29.2 Å². The van der Waals surface area contributed by atoms with Gasteiger partial charge in [0.05, 0.1) is 13.2 Å². The summed E-state index contributed by atoms with van der Waals surface area (Å²) in [7, 11) is 0. The maximum Gasteiger partial charge on any atom is 0.326 e. The van der Waals surface area contributed by atoms with E-state index in [0.717, 1.165) is 40.7 Å². The average Bonchev–Trinajstić information content (AvgIpc) is 2.88. The van der Waals surface area contributed by atoms with Crippen LogP contribution in [0.4, 0.5) is 0 Å². The number of nitrogens with one attached hydrogen (secondary N) is 1. The summed E-state index contributed by atoms with van der Waals surface area (Å²) < 4.78 is 6.06. The molecule has 0 aliphatic heterocycles. The number of hydrogen-bond donors (Lipinski definition) is 2. The van der Waals surface area contributed by atoms with Gasteiger partial charge < -0.3 is 15.2 Å². The fourth-order valence-electron chi connectivity index (χ4n) is 4.35. The third-order valence-corrected chi connectivity index (χ3v) is 7.09. The van der Waals surface area contributed by atoms with E-state index in [9.17, 15) is 14.7 Å². The molecule has 0 saturated carbocycles. The minimum atomic E-state index is -1.02. The van der Waals surface area contributed by atoms with Crippen LogP contribution in [-0.4, -0.2) is 35.0 Å². The van der Waals surface area contributed by atoms with Crippen LogP contribution in [0.25, 0.3) is 11.1 Å². The third-order valence-electron chi connectivity index (χ3n) is 6.45. The van der Waals surface area contributed by atoms with Crippen molar-refractivity contribution < 1.29 is 19.4 Å². The summed E-state index contributed by atoms with van der Waals surface area (Å²) in [4.78, 5) is 24.9. The highest BCUT2D eigenvalue weighted by molar-refractivity contribution is 7.98. The highest BCUT2D eigenvalue weighted by atomic mass is 32.2. The van der Waals surface area contributed by atoms with Gasteiger partial charge >= 0.3 is 5.97 Å². The molecule has 196 valence electrons. The number of aliphatic carboxylic acids is 1. The van der Waals surface area contributed by atoms with E-state index in [1.807, 2.05) is 49.6 Å². The second-order valence-electron chi connectivity index (χ2n) is 9.34. The van der Waals surface area contributed by atoms with Gasteiger partial charge in [0.2, 0.25) is 0 Å². The van der Waals surface area contributed by atoms with Gasteiger partial charge in [-0.1, -0.05) is 61.9 Å². The minimum Gasteiger partial charge on any atom is -0.480 e. The Balaban J connectivity index is 1.82. The van der Waals surface area contributed by atoms with E-state index in [1.54, 1.807) is 17.8 Å². The van der Waals surface area contributed by atoms with Crippen molar-refractivity contribution in [3.63, 3.8) is 0 Å². The Morgan fingerprint density at radius 1 is 0.946 bits per heavy atom. The highest BCUT2D eigenvalue weighted by Gasteiger charge is 2.22. The zero-order valence-electron chi connectivity index (χ0n) is 22.2. The first-order valence-electron chi connectivity index (χ1n) is 12.7. The van der Waals surface area contributed by atoms with E-state index in [4.69, 9.17) is 4.74 Å². The molecule has 0 spiro atoms. The lowest BCUT2D eigenvalue weighted by atomic mass is 9.93. The second-order valence-corrected chi connectivity index (χ2v) is 10.3. The standard InChI is InChI=1S/C31H37NO4S/c1-5-8-25-17-23(12-11-21(25)2)19-36-20-24-13-14-27(28(18-24)26-10-7-6-9-22(26)3)30(33)32-29(31(34)35)15-16-37-4/h6-7,9-14,17-18,29H,5,8,15-16,19-20H2,1-4H3,(H,32,33)(H,34,35). The summed E-state index contributed by atoms with van der Waals surface area (Å²) in [5.41, 5.74) is 7.96. The number of rotatable bonds is 13. The maximum atomic E-state index is 13.2. The molecule has 37 heavy (non-hydrogen) atoms. The van der Waals surface area contributed by atoms with E-state index in [1.165, 1.54) is 11.1 Å². The fraction of sp³-hybridized carbons (Fsp3) is 0.355. The summed E-state index contributed by atoms with van der Waals surface area (Å²) in [6.45, 7) is 7.24. The van der Waals surface area contributed by atoms with Crippen molar-refractivity contribution in [3.8, 4) is 11.1 Å². The van der Waals surface area contributed by atoms with Crippen molar-refractivity contribution in [2.24, 2.45) is 0 Å². The summed E-state index contributed by atoms with van der Waals surface area (Å²) in [6.07, 6.45) is 4.45. The summed E-state index contributed by atoms with van der Waals surface area (Å²) >= 11 is 1.56. The Hall–Kier alpha value is -3.09. The van der Waals surface area contributed by atoms with Crippen molar-refractivity contribution in [1.29, 1.82) is 0 Å². The van der Waals surface area contributed by atoms with Crippen LogP contribution in [0.1, 0.15) is 57.9 Å². The molecule has 3 rings (SSSR count). The molecule has 0 aromatic heterocycles. The Morgan fingerprint density at radius 3 is 2.32 bits per heavy atom. The predicted molar refractivity (Wildman–Crippen MR) is 152 cm³/mol. The number of thioether (sulfide) groups is 1. The Bertz CT molecular complexity index is 1220. The predicted octanol–water partition coefficient (Wildman–Crippen LogP) is 6.58. The first-order valence-corrected chi connectivity index (χ1v) is 14.1. The van der Waals surface area contributed by atoms with Gasteiger partial charge in [-0.3, -0.25) is 4.79 Å². The summed E-state index contributed by atoms with van der Waals surface area (Å²) in [5, 5.41) is 12.3. The lowest BCUT2D eigenvalue weighted by Crippen LogP contribution is -2.41. The van der Waals surface area contributed by atoms with Crippen LogP contribution in [0.3, 0.4) is 0 Å². The number of aryl methyl sites for hydroxylation is 3. The summed E-state index contributed by atoms with van der Waals surface area (Å²) in [6, 6.07) is 19.1. The molecule has 3 aromatic carbocycles. The molecule has 0 saturated heterocycles. The van der Waals surface area contributed by atoms with Gasteiger partial charge in [-0.15, -0.1) is 0 Å². The van der Waals surface area contributed by atoms with Crippen molar-refractivity contribution in [2.45, 2.75) is 59.3 Å². The number of ether oxygens (including phenoxy) is 1. The number of benzene rings is 3. The van der Waals surface area contributed by atoms with E-state index in [0.29, 0.717) is 31.0 Å². The number of hydrogen-bond acceptors (Lipinski definition) is 4. The minimum absolute atomic E-state index is 0.368.